The Labute approximate surface area is 224 Å². The third-order valence-corrected chi connectivity index (χ3v) is 7.18. The molecule has 1 atom stereocenters. The number of aromatic nitrogens is 1. The SMILES string of the molecule is O=C(NCc1cccnc1)[C@H]1COC2(CCN(C(=O)c3cccc(Cl)c3)CC2)N1C(=O)c1cccc(F)c1. The van der Waals surface area contributed by atoms with E-state index in [1.54, 1.807) is 47.6 Å². The quantitative estimate of drug-likeness (QED) is 0.537. The fraction of sp³-hybridized carbons (Fsp3) is 0.286. The van der Waals surface area contributed by atoms with Crippen LogP contribution in [0.2, 0.25) is 5.02 Å². The van der Waals surface area contributed by atoms with Crippen LogP contribution in [0.25, 0.3) is 0 Å². The van der Waals surface area contributed by atoms with Crippen LogP contribution >= 0.6 is 11.6 Å². The van der Waals surface area contributed by atoms with E-state index in [0.29, 0.717) is 36.5 Å². The van der Waals surface area contributed by atoms with Crippen LogP contribution in [0.5, 0.6) is 0 Å². The second-order valence-corrected chi connectivity index (χ2v) is 9.78. The molecule has 2 aliphatic rings. The van der Waals surface area contributed by atoms with E-state index < -0.39 is 23.5 Å². The highest BCUT2D eigenvalue weighted by Gasteiger charge is 2.54. The van der Waals surface area contributed by atoms with Gasteiger partial charge in [0, 0.05) is 61.0 Å². The van der Waals surface area contributed by atoms with Crippen LogP contribution in [0.3, 0.4) is 0 Å². The number of nitrogens with one attached hydrogen (secondary N) is 1. The molecule has 0 unspecified atom stereocenters. The Morgan fingerprint density at radius 3 is 2.45 bits per heavy atom. The molecule has 10 heteroatoms. The van der Waals surface area contributed by atoms with Gasteiger partial charge >= 0.3 is 0 Å². The van der Waals surface area contributed by atoms with Crippen molar-refractivity contribution in [3.8, 4) is 0 Å². The first-order valence-corrected chi connectivity index (χ1v) is 12.7. The fourth-order valence-corrected chi connectivity index (χ4v) is 5.19. The largest absolute Gasteiger partial charge is 0.353 e. The zero-order valence-electron chi connectivity index (χ0n) is 20.5. The Kier molecular flexibility index (Phi) is 7.40. The van der Waals surface area contributed by atoms with Crippen molar-refractivity contribution in [3.63, 3.8) is 0 Å². The first-order valence-electron chi connectivity index (χ1n) is 12.3. The Morgan fingerprint density at radius 1 is 1.03 bits per heavy atom. The molecule has 2 aliphatic heterocycles. The molecular formula is C28H26ClFN4O4. The van der Waals surface area contributed by atoms with Gasteiger partial charge in [-0.3, -0.25) is 24.3 Å². The maximum Gasteiger partial charge on any atom is 0.256 e. The number of carbonyl (C=O) groups excluding carboxylic acids is 3. The van der Waals surface area contributed by atoms with Crippen LogP contribution in [0.15, 0.2) is 73.1 Å². The van der Waals surface area contributed by atoms with Crippen LogP contribution in [0.4, 0.5) is 4.39 Å². The summed E-state index contributed by atoms with van der Waals surface area (Å²) in [5, 5.41) is 3.33. The van der Waals surface area contributed by atoms with Crippen molar-refractivity contribution in [2.75, 3.05) is 19.7 Å². The summed E-state index contributed by atoms with van der Waals surface area (Å²) >= 11 is 6.06. The van der Waals surface area contributed by atoms with Crippen LogP contribution in [0.1, 0.15) is 39.1 Å². The zero-order valence-corrected chi connectivity index (χ0v) is 21.2. The van der Waals surface area contributed by atoms with Crippen LogP contribution in [-0.4, -0.2) is 64.0 Å². The monoisotopic (exact) mass is 536 g/mol. The molecule has 0 bridgehead atoms. The lowest BCUT2D eigenvalue weighted by Gasteiger charge is -2.44. The number of nitrogens with zero attached hydrogens (tertiary/aromatic N) is 3. The van der Waals surface area contributed by atoms with Crippen molar-refractivity contribution in [2.24, 2.45) is 0 Å². The number of amides is 3. The highest BCUT2D eigenvalue weighted by molar-refractivity contribution is 6.30. The molecule has 196 valence electrons. The summed E-state index contributed by atoms with van der Waals surface area (Å²) in [6.45, 7) is 0.840. The smallest absolute Gasteiger partial charge is 0.256 e. The number of carbonyl (C=O) groups is 3. The number of hydrogen-bond donors (Lipinski definition) is 1. The van der Waals surface area contributed by atoms with Gasteiger partial charge in [0.25, 0.3) is 11.8 Å². The van der Waals surface area contributed by atoms with Crippen LogP contribution in [-0.2, 0) is 16.1 Å². The molecular weight excluding hydrogens is 511 g/mol. The number of piperidine rings is 1. The van der Waals surface area contributed by atoms with Crippen LogP contribution < -0.4 is 5.32 Å². The Hall–Kier alpha value is -3.82. The summed E-state index contributed by atoms with van der Waals surface area (Å²) in [5.74, 6) is -1.61. The van der Waals surface area contributed by atoms with Crippen molar-refractivity contribution in [3.05, 3.63) is 101 Å². The van der Waals surface area contributed by atoms with Gasteiger partial charge in [-0.2, -0.15) is 0 Å². The van der Waals surface area contributed by atoms with Crippen LogP contribution in [0, 0.1) is 5.82 Å². The molecule has 2 saturated heterocycles. The number of benzene rings is 2. The van der Waals surface area contributed by atoms with Gasteiger partial charge < -0.3 is 15.0 Å². The highest BCUT2D eigenvalue weighted by Crippen LogP contribution is 2.39. The first kappa shape index (κ1) is 25.8. The van der Waals surface area contributed by atoms with Crippen molar-refractivity contribution >= 4 is 29.3 Å². The average molecular weight is 537 g/mol. The molecule has 2 aromatic carbocycles. The number of halogens is 2. The van der Waals surface area contributed by atoms with E-state index >= 15 is 0 Å². The number of likely N-dealkylation sites (tertiary alicyclic amines) is 1. The molecule has 0 radical (unpaired) electrons. The van der Waals surface area contributed by atoms with Gasteiger partial charge in [0.1, 0.15) is 17.6 Å². The fourth-order valence-electron chi connectivity index (χ4n) is 5.00. The van der Waals surface area contributed by atoms with E-state index in [-0.39, 0.29) is 30.5 Å². The Balaban J connectivity index is 1.37. The van der Waals surface area contributed by atoms with Crippen molar-refractivity contribution in [1.29, 1.82) is 0 Å². The van der Waals surface area contributed by atoms with Gasteiger partial charge in [0.15, 0.2) is 0 Å². The molecule has 1 N–H and O–H groups in total. The number of ether oxygens (including phenoxy) is 1. The van der Waals surface area contributed by atoms with E-state index in [1.807, 2.05) is 6.07 Å². The van der Waals surface area contributed by atoms with Crippen molar-refractivity contribution in [2.45, 2.75) is 31.2 Å². The standard InChI is InChI=1S/C28H26ClFN4O4/c29-22-7-1-5-20(14-22)26(36)33-12-9-28(10-13-33)34(27(37)21-6-2-8-23(30)15-21)24(18-38-28)25(35)32-17-19-4-3-11-31-16-19/h1-8,11,14-16,24H,9-10,12-13,17-18H2,(H,32,35)/t24-/m1/s1. The lowest BCUT2D eigenvalue weighted by molar-refractivity contribution is -0.128. The predicted octanol–water partition coefficient (Wildman–Crippen LogP) is 3.66. The third kappa shape index (κ3) is 5.25. The maximum atomic E-state index is 14.0. The van der Waals surface area contributed by atoms with Gasteiger partial charge in [-0.25, -0.2) is 4.39 Å². The lowest BCUT2D eigenvalue weighted by atomic mass is 9.96. The minimum atomic E-state index is -1.11. The van der Waals surface area contributed by atoms with E-state index in [2.05, 4.69) is 10.3 Å². The maximum absolute atomic E-state index is 14.0. The predicted molar refractivity (Wildman–Crippen MR) is 138 cm³/mol. The topological polar surface area (TPSA) is 91.8 Å². The summed E-state index contributed by atoms with van der Waals surface area (Å²) < 4.78 is 20.2. The van der Waals surface area contributed by atoms with E-state index in [9.17, 15) is 18.8 Å². The molecule has 2 fully saturated rings. The zero-order chi connectivity index (χ0) is 26.7. The molecule has 5 rings (SSSR count). The van der Waals surface area contributed by atoms with Gasteiger partial charge in [-0.05, 0) is 48.0 Å². The van der Waals surface area contributed by atoms with Gasteiger partial charge in [0.2, 0.25) is 5.91 Å². The second kappa shape index (κ2) is 10.9. The van der Waals surface area contributed by atoms with Gasteiger partial charge in [0.05, 0.1) is 6.61 Å². The first-order chi connectivity index (χ1) is 18.4. The molecule has 38 heavy (non-hydrogen) atoms. The number of hydrogen-bond acceptors (Lipinski definition) is 5. The summed E-state index contributed by atoms with van der Waals surface area (Å²) in [5.41, 5.74) is 0.300. The molecule has 0 aliphatic carbocycles. The second-order valence-electron chi connectivity index (χ2n) is 9.34. The molecule has 3 heterocycles. The summed E-state index contributed by atoms with van der Waals surface area (Å²) in [4.78, 5) is 47.2. The lowest BCUT2D eigenvalue weighted by Crippen LogP contribution is -2.59. The van der Waals surface area contributed by atoms with E-state index in [1.165, 1.54) is 23.1 Å². The van der Waals surface area contributed by atoms with E-state index in [0.717, 1.165) is 11.6 Å². The van der Waals surface area contributed by atoms with Gasteiger partial charge in [-0.15, -0.1) is 0 Å². The average Bonchev–Trinajstić information content (AvgIpc) is 3.30. The highest BCUT2D eigenvalue weighted by atomic mass is 35.5. The number of rotatable bonds is 5. The Morgan fingerprint density at radius 2 is 1.76 bits per heavy atom. The van der Waals surface area contributed by atoms with Crippen molar-refractivity contribution < 1.29 is 23.5 Å². The van der Waals surface area contributed by atoms with Gasteiger partial charge in [-0.1, -0.05) is 29.8 Å². The molecule has 3 aromatic rings. The number of pyridine rings is 1. The molecule has 8 nitrogen and oxygen atoms in total. The summed E-state index contributed by atoms with van der Waals surface area (Å²) in [6, 6.07) is 14.8. The van der Waals surface area contributed by atoms with Crippen molar-refractivity contribution in [1.82, 2.24) is 20.1 Å². The molecule has 0 saturated carbocycles. The minimum absolute atomic E-state index is 0.0117. The molecule has 3 amide bonds. The molecule has 1 aromatic heterocycles. The summed E-state index contributed by atoms with van der Waals surface area (Å²) in [7, 11) is 0. The normalized spacial score (nSPS) is 18.4. The molecule has 1 spiro atoms. The summed E-state index contributed by atoms with van der Waals surface area (Å²) in [6.07, 6.45) is 3.89. The van der Waals surface area contributed by atoms with E-state index in [4.69, 9.17) is 16.3 Å². The third-order valence-electron chi connectivity index (χ3n) is 6.95. The Bertz CT molecular complexity index is 1350. The minimum Gasteiger partial charge on any atom is -0.353 e.